The van der Waals surface area contributed by atoms with Crippen LogP contribution in [0.3, 0.4) is 0 Å². The Morgan fingerprint density at radius 1 is 0.351 bits per heavy atom. The number of furan rings is 2. The van der Waals surface area contributed by atoms with Gasteiger partial charge in [-0.25, -0.2) is 9.97 Å². The van der Waals surface area contributed by atoms with E-state index in [9.17, 15) is 0 Å². The van der Waals surface area contributed by atoms with Crippen molar-refractivity contribution in [1.82, 2.24) is 9.97 Å². The topological polar surface area (TPSA) is 52.1 Å². The van der Waals surface area contributed by atoms with Gasteiger partial charge in [-0.3, -0.25) is 0 Å². The van der Waals surface area contributed by atoms with Crippen LogP contribution in [0.4, 0.5) is 0 Å². The van der Waals surface area contributed by atoms with Crippen molar-refractivity contribution in [1.29, 1.82) is 0 Å². The molecule has 0 unspecified atom stereocenters. The minimum atomic E-state index is -0.407. The van der Waals surface area contributed by atoms with Crippen LogP contribution in [0.1, 0.15) is 22.3 Å². The lowest BCUT2D eigenvalue weighted by Crippen LogP contribution is -2.25. The summed E-state index contributed by atoms with van der Waals surface area (Å²) in [5.74, 6) is 0.652. The second kappa shape index (κ2) is 11.2. The summed E-state index contributed by atoms with van der Waals surface area (Å²) in [6.45, 7) is 0. The molecule has 2 aliphatic rings. The number of benzene rings is 8. The quantitative estimate of drug-likeness (QED) is 0.182. The fourth-order valence-electron chi connectivity index (χ4n) is 9.88. The van der Waals surface area contributed by atoms with Gasteiger partial charge in [-0.15, -0.1) is 0 Å². The summed E-state index contributed by atoms with van der Waals surface area (Å²) in [7, 11) is 0. The first kappa shape index (κ1) is 30.7. The Morgan fingerprint density at radius 3 is 1.63 bits per heavy atom. The van der Waals surface area contributed by atoms with Gasteiger partial charge in [-0.05, 0) is 98.1 Å². The third-order valence-electron chi connectivity index (χ3n) is 12.3. The van der Waals surface area contributed by atoms with Crippen LogP contribution in [0.25, 0.3) is 100 Å². The Hall–Kier alpha value is -7.56. The van der Waals surface area contributed by atoms with Gasteiger partial charge in [-0.2, -0.15) is 0 Å². The van der Waals surface area contributed by atoms with E-state index in [2.05, 4.69) is 140 Å². The molecule has 0 bridgehead atoms. The van der Waals surface area contributed by atoms with E-state index < -0.39 is 5.41 Å². The summed E-state index contributed by atoms with van der Waals surface area (Å²) in [5.41, 5.74) is 18.9. The molecule has 13 rings (SSSR count). The van der Waals surface area contributed by atoms with E-state index in [1.807, 2.05) is 42.5 Å². The summed E-state index contributed by atoms with van der Waals surface area (Å²) in [4.78, 5) is 10.4. The smallest absolute Gasteiger partial charge is 0.180 e. The molecule has 11 aromatic rings. The molecular weight excluding hydrogens is 697 g/mol. The zero-order valence-electron chi connectivity index (χ0n) is 30.5. The van der Waals surface area contributed by atoms with Gasteiger partial charge in [0.05, 0.1) is 5.41 Å². The fourth-order valence-corrected chi connectivity index (χ4v) is 9.88. The van der Waals surface area contributed by atoms with Gasteiger partial charge in [0, 0.05) is 27.3 Å². The molecule has 3 aromatic heterocycles. The summed E-state index contributed by atoms with van der Waals surface area (Å²) in [6, 6.07) is 65.0. The predicted octanol–water partition coefficient (Wildman–Crippen LogP) is 13.6. The molecule has 0 saturated carbocycles. The number of fused-ring (bicyclic) bond motifs is 16. The minimum Gasteiger partial charge on any atom is -0.456 e. The van der Waals surface area contributed by atoms with E-state index in [0.717, 1.165) is 66.4 Å². The minimum absolute atomic E-state index is 0.407. The molecule has 0 amide bonds. The number of hydrogen-bond acceptors (Lipinski definition) is 4. The Morgan fingerprint density at radius 2 is 0.895 bits per heavy atom. The Balaban J connectivity index is 1.03. The number of aromatic nitrogens is 2. The zero-order valence-corrected chi connectivity index (χ0v) is 30.5. The largest absolute Gasteiger partial charge is 0.456 e. The van der Waals surface area contributed by atoms with E-state index >= 15 is 0 Å². The average Bonchev–Trinajstić information content (AvgIpc) is 4.01. The van der Waals surface area contributed by atoms with Crippen LogP contribution in [0, 0.1) is 0 Å². The lowest BCUT2D eigenvalue weighted by molar-refractivity contribution is 0.666. The van der Waals surface area contributed by atoms with Crippen LogP contribution >= 0.6 is 0 Å². The van der Waals surface area contributed by atoms with E-state index in [1.165, 1.54) is 44.5 Å². The maximum absolute atomic E-state index is 6.72. The van der Waals surface area contributed by atoms with E-state index in [0.29, 0.717) is 11.4 Å². The van der Waals surface area contributed by atoms with Crippen molar-refractivity contribution in [2.45, 2.75) is 5.41 Å². The molecule has 0 N–H and O–H groups in total. The monoisotopic (exact) mass is 726 g/mol. The predicted molar refractivity (Wildman–Crippen MR) is 229 cm³/mol. The molecule has 4 nitrogen and oxygen atoms in total. The molecule has 0 saturated heterocycles. The molecule has 57 heavy (non-hydrogen) atoms. The van der Waals surface area contributed by atoms with Crippen molar-refractivity contribution in [3.63, 3.8) is 0 Å². The summed E-state index contributed by atoms with van der Waals surface area (Å²) < 4.78 is 12.9. The van der Waals surface area contributed by atoms with E-state index in [1.54, 1.807) is 0 Å². The first-order valence-corrected chi connectivity index (χ1v) is 19.4. The van der Waals surface area contributed by atoms with Gasteiger partial charge < -0.3 is 8.83 Å². The average molecular weight is 727 g/mol. The van der Waals surface area contributed by atoms with Crippen molar-refractivity contribution in [3.8, 4) is 56.0 Å². The van der Waals surface area contributed by atoms with E-state index in [4.69, 9.17) is 18.8 Å². The summed E-state index contributed by atoms with van der Waals surface area (Å²) in [5, 5.41) is 3.06. The van der Waals surface area contributed by atoms with Crippen LogP contribution < -0.4 is 0 Å². The number of nitrogens with zero attached hydrogens (tertiary/aromatic N) is 2. The zero-order chi connectivity index (χ0) is 37.2. The highest BCUT2D eigenvalue weighted by Gasteiger charge is 2.51. The molecule has 0 fully saturated rings. The maximum atomic E-state index is 6.72. The number of rotatable bonds is 3. The first-order valence-electron chi connectivity index (χ1n) is 19.4. The summed E-state index contributed by atoms with van der Waals surface area (Å²) >= 11 is 0. The standard InChI is InChI=1S/C53H30N2O2/c1-2-12-31(13-3-1)52-54-49(34-24-27-47-40(29-34)39-17-7-11-21-46(39)56-47)51-50(55-52)41-28-32(23-26-48(41)57-51)33-22-25-38-37-16-6-10-20-44(37)53(45(38)30-33)42-18-8-4-14-35(42)36-15-5-9-19-43(36)53/h1-30H. The van der Waals surface area contributed by atoms with Crippen molar-refractivity contribution < 1.29 is 8.83 Å². The molecule has 4 heteroatoms. The van der Waals surface area contributed by atoms with Crippen molar-refractivity contribution in [2.24, 2.45) is 0 Å². The van der Waals surface area contributed by atoms with Crippen LogP contribution in [-0.4, -0.2) is 9.97 Å². The fraction of sp³-hybridized carbons (Fsp3) is 0.0189. The van der Waals surface area contributed by atoms with Crippen molar-refractivity contribution in [2.75, 3.05) is 0 Å². The molecule has 0 aliphatic heterocycles. The van der Waals surface area contributed by atoms with Gasteiger partial charge in [0.25, 0.3) is 0 Å². The second-order valence-electron chi connectivity index (χ2n) is 15.2. The third-order valence-corrected chi connectivity index (χ3v) is 12.3. The molecule has 3 heterocycles. The SMILES string of the molecule is c1ccc(-c2nc(-c3ccc4oc5ccccc5c4c3)c3oc4ccc(-c5ccc6c(c5)C5(c7ccccc7-c7ccccc75)c5ccccc5-6)cc4c3n2)cc1. The van der Waals surface area contributed by atoms with Crippen molar-refractivity contribution in [3.05, 3.63) is 204 Å². The Kier molecular flexibility index (Phi) is 6.07. The molecule has 264 valence electrons. The van der Waals surface area contributed by atoms with Crippen molar-refractivity contribution >= 4 is 44.0 Å². The molecule has 1 spiro atoms. The third kappa shape index (κ3) is 4.11. The van der Waals surface area contributed by atoms with Gasteiger partial charge in [0.15, 0.2) is 11.4 Å². The maximum Gasteiger partial charge on any atom is 0.180 e. The molecule has 8 aromatic carbocycles. The van der Waals surface area contributed by atoms with Crippen LogP contribution in [0.15, 0.2) is 191 Å². The number of para-hydroxylation sites is 1. The lowest BCUT2D eigenvalue weighted by Gasteiger charge is -2.30. The Bertz CT molecular complexity index is 3420. The molecular formula is C53H30N2O2. The normalized spacial score (nSPS) is 13.4. The molecule has 0 atom stereocenters. The first-order chi connectivity index (χ1) is 28.2. The Labute approximate surface area is 327 Å². The van der Waals surface area contributed by atoms with Gasteiger partial charge in [-0.1, -0.05) is 140 Å². The number of hydrogen-bond donors (Lipinski definition) is 0. The van der Waals surface area contributed by atoms with Gasteiger partial charge in [0.2, 0.25) is 0 Å². The van der Waals surface area contributed by atoms with Crippen LogP contribution in [-0.2, 0) is 5.41 Å². The second-order valence-corrected chi connectivity index (χ2v) is 15.2. The molecule has 0 radical (unpaired) electrons. The highest BCUT2D eigenvalue weighted by molar-refractivity contribution is 6.11. The van der Waals surface area contributed by atoms with Crippen LogP contribution in [0.5, 0.6) is 0 Å². The van der Waals surface area contributed by atoms with Gasteiger partial charge in [0.1, 0.15) is 28.0 Å². The van der Waals surface area contributed by atoms with E-state index in [-0.39, 0.29) is 0 Å². The van der Waals surface area contributed by atoms with Gasteiger partial charge >= 0.3 is 0 Å². The summed E-state index contributed by atoms with van der Waals surface area (Å²) in [6.07, 6.45) is 0. The lowest BCUT2D eigenvalue weighted by atomic mass is 9.70. The highest BCUT2D eigenvalue weighted by atomic mass is 16.3. The highest BCUT2D eigenvalue weighted by Crippen LogP contribution is 2.63. The van der Waals surface area contributed by atoms with Crippen LogP contribution in [0.2, 0.25) is 0 Å². The molecule has 2 aliphatic carbocycles.